The van der Waals surface area contributed by atoms with Gasteiger partial charge in [-0.1, -0.05) is 0 Å². The van der Waals surface area contributed by atoms with Crippen molar-refractivity contribution in [2.75, 3.05) is 6.61 Å². The molecule has 82 valence electrons. The summed E-state index contributed by atoms with van der Waals surface area (Å²) >= 11 is 0. The maximum atomic E-state index is 11.2. The molecule has 1 saturated heterocycles. The van der Waals surface area contributed by atoms with Gasteiger partial charge in [0.25, 0.3) is 0 Å². The first-order valence-corrected chi connectivity index (χ1v) is 4.32. The van der Waals surface area contributed by atoms with Gasteiger partial charge >= 0.3 is 0 Å². The van der Waals surface area contributed by atoms with Crippen molar-refractivity contribution in [1.82, 2.24) is 0 Å². The van der Waals surface area contributed by atoms with Crippen LogP contribution in [0.1, 0.15) is 6.92 Å². The molecule has 1 aliphatic rings. The van der Waals surface area contributed by atoms with Gasteiger partial charge in [-0.2, -0.15) is 0 Å². The van der Waals surface area contributed by atoms with Crippen LogP contribution in [0.4, 0.5) is 0 Å². The molecule has 0 aromatic heterocycles. The van der Waals surface area contributed by atoms with Crippen LogP contribution in [0.15, 0.2) is 0 Å². The second-order valence-electron chi connectivity index (χ2n) is 3.38. The molecule has 14 heavy (non-hydrogen) atoms. The summed E-state index contributed by atoms with van der Waals surface area (Å²) in [5.41, 5.74) is 0. The van der Waals surface area contributed by atoms with Crippen molar-refractivity contribution in [3.05, 3.63) is 0 Å². The lowest BCUT2D eigenvalue weighted by Crippen LogP contribution is -2.57. The quantitative estimate of drug-likeness (QED) is 0.395. The van der Waals surface area contributed by atoms with E-state index < -0.39 is 36.3 Å². The molecule has 0 radical (unpaired) electrons. The van der Waals surface area contributed by atoms with Crippen molar-refractivity contribution < 1.29 is 30.0 Å². The third kappa shape index (κ3) is 2.10. The van der Waals surface area contributed by atoms with E-state index in [2.05, 4.69) is 0 Å². The summed E-state index contributed by atoms with van der Waals surface area (Å²) in [5, 5.41) is 36.6. The fourth-order valence-corrected chi connectivity index (χ4v) is 1.29. The Labute approximate surface area is 80.7 Å². The standard InChI is InChI=1S/C8H14O6/c1-3(9)5(11)8-7(13)6(12)4(10)2-14-8/h3-4,6-10,12-13H,2H2,1H3/t3?,4-,6+,7-,8+/m0/s1. The van der Waals surface area contributed by atoms with Gasteiger partial charge in [0.2, 0.25) is 0 Å². The molecule has 1 fully saturated rings. The second-order valence-corrected chi connectivity index (χ2v) is 3.38. The van der Waals surface area contributed by atoms with Crippen LogP contribution in [-0.2, 0) is 9.53 Å². The topological polar surface area (TPSA) is 107 Å². The van der Waals surface area contributed by atoms with E-state index in [9.17, 15) is 15.0 Å². The summed E-state index contributed by atoms with van der Waals surface area (Å²) in [6.07, 6.45) is -6.66. The Morgan fingerprint density at radius 1 is 1.36 bits per heavy atom. The van der Waals surface area contributed by atoms with Gasteiger partial charge in [0, 0.05) is 0 Å². The molecule has 1 aliphatic heterocycles. The number of ketones is 1. The van der Waals surface area contributed by atoms with E-state index in [4.69, 9.17) is 14.9 Å². The van der Waals surface area contributed by atoms with Gasteiger partial charge in [0.1, 0.15) is 30.5 Å². The minimum atomic E-state index is -1.50. The Hall–Kier alpha value is -0.530. The number of aliphatic hydroxyl groups excluding tert-OH is 4. The molecular formula is C8H14O6. The predicted octanol–water partition coefficient (Wildman–Crippen LogP) is -2.58. The van der Waals surface area contributed by atoms with Gasteiger partial charge in [-0.3, -0.25) is 4.79 Å². The van der Waals surface area contributed by atoms with Crippen LogP contribution in [0.25, 0.3) is 0 Å². The fraction of sp³-hybridized carbons (Fsp3) is 0.875. The van der Waals surface area contributed by atoms with E-state index in [1.54, 1.807) is 0 Å². The number of Topliss-reactive ketones (excluding diaryl/α,β-unsaturated/α-hetero) is 1. The van der Waals surface area contributed by atoms with E-state index >= 15 is 0 Å². The van der Waals surface area contributed by atoms with Gasteiger partial charge in [-0.25, -0.2) is 0 Å². The molecule has 0 saturated carbocycles. The van der Waals surface area contributed by atoms with Gasteiger partial charge in [-0.05, 0) is 6.92 Å². The summed E-state index contributed by atoms with van der Waals surface area (Å²) in [7, 11) is 0. The highest BCUT2D eigenvalue weighted by molar-refractivity contribution is 5.87. The van der Waals surface area contributed by atoms with E-state index in [1.165, 1.54) is 6.92 Å². The zero-order chi connectivity index (χ0) is 10.9. The average molecular weight is 206 g/mol. The van der Waals surface area contributed by atoms with Gasteiger partial charge in [-0.15, -0.1) is 0 Å². The maximum absolute atomic E-state index is 11.2. The van der Waals surface area contributed by atoms with Crippen molar-refractivity contribution in [1.29, 1.82) is 0 Å². The van der Waals surface area contributed by atoms with Crippen LogP contribution in [0.2, 0.25) is 0 Å². The fourth-order valence-electron chi connectivity index (χ4n) is 1.29. The van der Waals surface area contributed by atoms with Crippen molar-refractivity contribution in [2.24, 2.45) is 0 Å². The third-order valence-corrected chi connectivity index (χ3v) is 2.19. The molecule has 0 bridgehead atoms. The van der Waals surface area contributed by atoms with Crippen LogP contribution < -0.4 is 0 Å². The maximum Gasteiger partial charge on any atom is 0.192 e. The van der Waals surface area contributed by atoms with Crippen LogP contribution in [-0.4, -0.2) is 63.3 Å². The molecule has 6 nitrogen and oxygen atoms in total. The number of carbonyl (C=O) groups excluding carboxylic acids is 1. The Kier molecular flexibility index (Phi) is 3.57. The molecule has 1 unspecified atom stereocenters. The zero-order valence-corrected chi connectivity index (χ0v) is 7.70. The summed E-state index contributed by atoms with van der Waals surface area (Å²) in [6, 6.07) is 0. The highest BCUT2D eigenvalue weighted by Crippen LogP contribution is 2.17. The van der Waals surface area contributed by atoms with Crippen LogP contribution in [0, 0.1) is 0 Å². The van der Waals surface area contributed by atoms with E-state index in [0.717, 1.165) is 0 Å². The molecule has 4 N–H and O–H groups in total. The van der Waals surface area contributed by atoms with Crippen molar-refractivity contribution in [3.63, 3.8) is 0 Å². The van der Waals surface area contributed by atoms with Crippen molar-refractivity contribution in [2.45, 2.75) is 37.4 Å². The molecule has 0 aromatic carbocycles. The molecule has 1 rings (SSSR count). The summed E-state index contributed by atoms with van der Waals surface area (Å²) in [6.45, 7) is 1.01. The largest absolute Gasteiger partial charge is 0.388 e. The minimum Gasteiger partial charge on any atom is -0.388 e. The predicted molar refractivity (Wildman–Crippen MR) is 44.4 cm³/mol. The molecule has 0 amide bonds. The SMILES string of the molecule is CC(O)C(=O)[C@H]1OC[C@H](O)[C@@H](O)[C@@H]1O. The van der Waals surface area contributed by atoms with Gasteiger partial charge in [0.05, 0.1) is 6.61 Å². The normalized spacial score (nSPS) is 40.6. The Balaban J connectivity index is 2.68. The average Bonchev–Trinajstić information content (AvgIpc) is 2.13. The first-order valence-electron chi connectivity index (χ1n) is 4.32. The van der Waals surface area contributed by atoms with Gasteiger partial charge in [0.15, 0.2) is 5.78 Å². The smallest absolute Gasteiger partial charge is 0.192 e. The second kappa shape index (κ2) is 4.33. The highest BCUT2D eigenvalue weighted by Gasteiger charge is 2.42. The molecule has 0 aromatic rings. The lowest BCUT2D eigenvalue weighted by molar-refractivity contribution is -0.194. The first kappa shape index (κ1) is 11.5. The zero-order valence-electron chi connectivity index (χ0n) is 7.70. The number of hydrogen-bond acceptors (Lipinski definition) is 6. The van der Waals surface area contributed by atoms with E-state index in [-0.39, 0.29) is 6.61 Å². The lowest BCUT2D eigenvalue weighted by atomic mass is 9.95. The summed E-state index contributed by atoms with van der Waals surface area (Å²) < 4.78 is 4.83. The minimum absolute atomic E-state index is 0.235. The van der Waals surface area contributed by atoms with Crippen molar-refractivity contribution in [3.8, 4) is 0 Å². The number of hydrogen-bond donors (Lipinski definition) is 4. The number of carbonyl (C=O) groups is 1. The van der Waals surface area contributed by atoms with Crippen LogP contribution in [0.5, 0.6) is 0 Å². The molecular weight excluding hydrogens is 192 g/mol. The molecule has 5 atom stereocenters. The van der Waals surface area contributed by atoms with Crippen LogP contribution >= 0.6 is 0 Å². The van der Waals surface area contributed by atoms with Gasteiger partial charge < -0.3 is 25.2 Å². The van der Waals surface area contributed by atoms with Crippen LogP contribution in [0.3, 0.4) is 0 Å². The monoisotopic (exact) mass is 206 g/mol. The number of ether oxygens (including phenoxy) is 1. The Morgan fingerprint density at radius 2 is 1.93 bits per heavy atom. The first-order chi connectivity index (χ1) is 6.45. The third-order valence-electron chi connectivity index (χ3n) is 2.19. The highest BCUT2D eigenvalue weighted by atomic mass is 16.5. The lowest BCUT2D eigenvalue weighted by Gasteiger charge is -2.34. The molecule has 1 heterocycles. The molecule has 0 spiro atoms. The Bertz CT molecular complexity index is 216. The van der Waals surface area contributed by atoms with Crippen molar-refractivity contribution >= 4 is 5.78 Å². The van der Waals surface area contributed by atoms with E-state index in [0.29, 0.717) is 0 Å². The molecule has 0 aliphatic carbocycles. The summed E-state index contributed by atoms with van der Waals surface area (Å²) in [5.74, 6) is -0.705. The summed E-state index contributed by atoms with van der Waals surface area (Å²) in [4.78, 5) is 11.2. The number of rotatable bonds is 2. The Morgan fingerprint density at radius 3 is 2.43 bits per heavy atom. The van der Waals surface area contributed by atoms with E-state index in [1.807, 2.05) is 0 Å². The molecule has 6 heteroatoms. The number of aliphatic hydroxyl groups is 4.